The molecule has 0 bridgehead atoms. The van der Waals surface area contributed by atoms with E-state index in [2.05, 4.69) is 18.1 Å². The molecule has 0 spiro atoms. The van der Waals surface area contributed by atoms with Crippen molar-refractivity contribution in [1.82, 2.24) is 14.7 Å². The quantitative estimate of drug-likeness (QED) is 0.443. The summed E-state index contributed by atoms with van der Waals surface area (Å²) in [4.78, 5) is 5.13. The number of hydrogen-bond donors (Lipinski definition) is 0. The molecular weight excluding hydrogens is 150 g/mol. The van der Waals surface area contributed by atoms with Gasteiger partial charge >= 0.3 is 0 Å². The molecule has 1 aliphatic heterocycles. The zero-order valence-electron chi connectivity index (χ0n) is 6.70. The Morgan fingerprint density at radius 2 is 0.917 bits per heavy atom. The molecule has 0 radical (unpaired) electrons. The van der Waals surface area contributed by atoms with E-state index in [9.17, 15) is 0 Å². The summed E-state index contributed by atoms with van der Waals surface area (Å²) in [7, 11) is 0. The van der Waals surface area contributed by atoms with Crippen LogP contribution in [0.3, 0.4) is 0 Å². The molecule has 0 amide bonds. The molecule has 3 nitrogen and oxygen atoms in total. The van der Waals surface area contributed by atoms with Crippen molar-refractivity contribution in [2.45, 2.75) is 0 Å². The summed E-state index contributed by atoms with van der Waals surface area (Å²) in [5.74, 6) is 0. The number of rotatable bonds is 0. The molecule has 0 aromatic heterocycles. The highest BCUT2D eigenvalue weighted by atomic mass is 15.5. The smallest absolute Gasteiger partial charge is 0.109 e. The first kappa shape index (κ1) is 8.18. The lowest BCUT2D eigenvalue weighted by Crippen LogP contribution is -2.49. The Hall–Kier alpha value is -1.92. The summed E-state index contributed by atoms with van der Waals surface area (Å²) in [5, 5.41) is 0. The van der Waals surface area contributed by atoms with Crippen molar-refractivity contribution < 1.29 is 0 Å². The van der Waals surface area contributed by atoms with E-state index in [4.69, 9.17) is 19.3 Å². The lowest BCUT2D eigenvalue weighted by atomic mass is 10.5. The largest absolute Gasteiger partial charge is 0.294 e. The highest BCUT2D eigenvalue weighted by Crippen LogP contribution is 2.03. The van der Waals surface area contributed by atoms with E-state index < -0.39 is 0 Å². The molecule has 0 aromatic rings. The van der Waals surface area contributed by atoms with Gasteiger partial charge in [-0.3, -0.25) is 14.7 Å². The SMILES string of the molecule is C#CN1CN(C#C)CN(C#C)C1. The van der Waals surface area contributed by atoms with E-state index in [0.29, 0.717) is 20.0 Å². The molecule has 1 aliphatic rings. The summed E-state index contributed by atoms with van der Waals surface area (Å²) in [6.07, 6.45) is 15.7. The zero-order chi connectivity index (χ0) is 8.97. The number of terminal acetylenes is 3. The van der Waals surface area contributed by atoms with E-state index in [1.54, 1.807) is 14.7 Å². The standard InChI is InChI=1S/C9H9N3/c1-4-10-7-11(5-2)9-12(6-3)8-10/h1-3H,7-9H2. The van der Waals surface area contributed by atoms with Crippen molar-refractivity contribution in [2.24, 2.45) is 0 Å². The van der Waals surface area contributed by atoms with Gasteiger partial charge in [-0.05, 0) is 0 Å². The van der Waals surface area contributed by atoms with Gasteiger partial charge in [0.15, 0.2) is 0 Å². The minimum atomic E-state index is 0.575. The van der Waals surface area contributed by atoms with Crippen LogP contribution in [-0.2, 0) is 0 Å². The second kappa shape index (κ2) is 3.46. The molecule has 3 heteroatoms. The van der Waals surface area contributed by atoms with Gasteiger partial charge in [0.25, 0.3) is 0 Å². The molecule has 0 N–H and O–H groups in total. The fraction of sp³-hybridized carbons (Fsp3) is 0.333. The molecule has 0 saturated carbocycles. The Bertz CT molecular complexity index is 222. The summed E-state index contributed by atoms with van der Waals surface area (Å²) in [6, 6.07) is 7.47. The van der Waals surface area contributed by atoms with Crippen LogP contribution in [0.4, 0.5) is 0 Å². The van der Waals surface area contributed by atoms with Gasteiger partial charge < -0.3 is 0 Å². The lowest BCUT2D eigenvalue weighted by molar-refractivity contribution is 0.0774. The highest BCUT2D eigenvalue weighted by molar-refractivity contribution is 4.97. The van der Waals surface area contributed by atoms with Crippen LogP contribution >= 0.6 is 0 Å². The Labute approximate surface area is 72.9 Å². The molecule has 1 fully saturated rings. The number of nitrogens with zero attached hydrogens (tertiary/aromatic N) is 3. The maximum absolute atomic E-state index is 5.22. The number of hydrogen-bond acceptors (Lipinski definition) is 3. The monoisotopic (exact) mass is 159 g/mol. The summed E-state index contributed by atoms with van der Waals surface area (Å²) in [6.45, 7) is 1.72. The summed E-state index contributed by atoms with van der Waals surface area (Å²) >= 11 is 0. The fourth-order valence-electron chi connectivity index (χ4n) is 0.997. The van der Waals surface area contributed by atoms with Crippen LogP contribution in [0.5, 0.6) is 0 Å². The Morgan fingerprint density at radius 1 is 0.667 bits per heavy atom. The second-order valence-electron chi connectivity index (χ2n) is 2.43. The molecule has 0 aromatic carbocycles. The molecular formula is C9H9N3. The van der Waals surface area contributed by atoms with Gasteiger partial charge in [0.1, 0.15) is 20.0 Å². The van der Waals surface area contributed by atoms with Crippen molar-refractivity contribution in [2.75, 3.05) is 20.0 Å². The maximum Gasteiger partial charge on any atom is 0.109 e. The fourth-order valence-corrected chi connectivity index (χ4v) is 0.997. The van der Waals surface area contributed by atoms with Gasteiger partial charge in [-0.25, -0.2) is 0 Å². The van der Waals surface area contributed by atoms with Gasteiger partial charge in [-0.15, -0.1) is 0 Å². The predicted molar refractivity (Wildman–Crippen MR) is 46.6 cm³/mol. The zero-order valence-corrected chi connectivity index (χ0v) is 6.70. The minimum Gasteiger partial charge on any atom is -0.294 e. The maximum atomic E-state index is 5.22. The molecule has 12 heavy (non-hydrogen) atoms. The van der Waals surface area contributed by atoms with Crippen LogP contribution in [-0.4, -0.2) is 34.7 Å². The van der Waals surface area contributed by atoms with Crippen molar-refractivity contribution in [1.29, 1.82) is 0 Å². The molecule has 60 valence electrons. The van der Waals surface area contributed by atoms with Crippen LogP contribution < -0.4 is 0 Å². The van der Waals surface area contributed by atoms with Crippen LogP contribution in [0.25, 0.3) is 0 Å². The van der Waals surface area contributed by atoms with E-state index in [1.165, 1.54) is 0 Å². The summed E-state index contributed by atoms with van der Waals surface area (Å²) in [5.41, 5.74) is 0. The second-order valence-corrected chi connectivity index (χ2v) is 2.43. The molecule has 1 saturated heterocycles. The van der Waals surface area contributed by atoms with Crippen LogP contribution in [0, 0.1) is 37.4 Å². The third-order valence-corrected chi connectivity index (χ3v) is 1.57. The molecule has 0 unspecified atom stereocenters. The average molecular weight is 159 g/mol. The normalized spacial score (nSPS) is 16.2. The van der Waals surface area contributed by atoms with Gasteiger partial charge in [-0.1, -0.05) is 19.3 Å². The topological polar surface area (TPSA) is 9.72 Å². The third-order valence-electron chi connectivity index (χ3n) is 1.57. The first-order valence-electron chi connectivity index (χ1n) is 3.43. The molecule has 1 heterocycles. The van der Waals surface area contributed by atoms with Gasteiger partial charge in [0.2, 0.25) is 0 Å². The molecule has 0 aliphatic carbocycles. The average Bonchev–Trinajstić information content (AvgIpc) is 2.16. The van der Waals surface area contributed by atoms with Crippen molar-refractivity contribution in [3.63, 3.8) is 0 Å². The first-order valence-corrected chi connectivity index (χ1v) is 3.43. The van der Waals surface area contributed by atoms with Crippen molar-refractivity contribution in [3.8, 4) is 37.4 Å². The predicted octanol–water partition coefficient (Wildman–Crippen LogP) is -0.449. The van der Waals surface area contributed by atoms with E-state index >= 15 is 0 Å². The van der Waals surface area contributed by atoms with Crippen LogP contribution in [0.15, 0.2) is 0 Å². The highest BCUT2D eigenvalue weighted by Gasteiger charge is 2.16. The minimum absolute atomic E-state index is 0.575. The Balaban J connectivity index is 2.63. The first-order chi connectivity index (χ1) is 5.80. The van der Waals surface area contributed by atoms with Crippen molar-refractivity contribution >= 4 is 0 Å². The van der Waals surface area contributed by atoms with Crippen molar-refractivity contribution in [3.05, 3.63) is 0 Å². The van der Waals surface area contributed by atoms with E-state index in [-0.39, 0.29) is 0 Å². The summed E-state index contributed by atoms with van der Waals surface area (Å²) < 4.78 is 0. The Morgan fingerprint density at radius 3 is 1.08 bits per heavy atom. The van der Waals surface area contributed by atoms with Gasteiger partial charge in [0, 0.05) is 18.1 Å². The van der Waals surface area contributed by atoms with Gasteiger partial charge in [-0.2, -0.15) is 0 Å². The third kappa shape index (κ3) is 1.57. The van der Waals surface area contributed by atoms with E-state index in [0.717, 1.165) is 0 Å². The molecule has 1 rings (SSSR count). The van der Waals surface area contributed by atoms with Gasteiger partial charge in [0.05, 0.1) is 0 Å². The van der Waals surface area contributed by atoms with Crippen LogP contribution in [0.2, 0.25) is 0 Å². The molecule has 0 atom stereocenters. The Kier molecular flexibility index (Phi) is 2.36. The van der Waals surface area contributed by atoms with Crippen LogP contribution in [0.1, 0.15) is 0 Å². The van der Waals surface area contributed by atoms with E-state index in [1.807, 2.05) is 0 Å². The lowest BCUT2D eigenvalue weighted by Gasteiger charge is -2.36.